The zero-order chi connectivity index (χ0) is 33.1. The Morgan fingerprint density at radius 1 is 1.00 bits per heavy atom. The number of aliphatic hydroxyl groups excluding tert-OH is 1. The minimum Gasteiger partial charge on any atom is -0.481 e. The Hall–Kier alpha value is -4.97. The van der Waals surface area contributed by atoms with Crippen LogP contribution in [0.1, 0.15) is 24.1 Å². The molecular formula is C34H29Cl2N5O6. The minimum absolute atomic E-state index is 0.0273. The van der Waals surface area contributed by atoms with Crippen LogP contribution in [0.5, 0.6) is 5.88 Å². The number of nitrogens with one attached hydrogen (secondary N) is 2. The lowest BCUT2D eigenvalue weighted by Crippen LogP contribution is -2.38. The second-order valence-electron chi connectivity index (χ2n) is 10.8. The molecule has 1 saturated heterocycles. The van der Waals surface area contributed by atoms with Crippen molar-refractivity contribution in [3.05, 3.63) is 105 Å². The molecule has 1 aliphatic rings. The molecule has 1 unspecified atom stereocenters. The Morgan fingerprint density at radius 2 is 1.72 bits per heavy atom. The molecule has 6 rings (SSSR count). The predicted molar refractivity (Wildman–Crippen MR) is 177 cm³/mol. The number of fused-ring (bicyclic) bond motifs is 1. The van der Waals surface area contributed by atoms with E-state index in [1.807, 2.05) is 36.4 Å². The summed E-state index contributed by atoms with van der Waals surface area (Å²) in [5.41, 5.74) is 4.90. The van der Waals surface area contributed by atoms with E-state index in [-0.39, 0.29) is 48.8 Å². The average Bonchev–Trinajstić information content (AvgIpc) is 3.51. The van der Waals surface area contributed by atoms with E-state index in [1.165, 1.54) is 17.6 Å². The van der Waals surface area contributed by atoms with E-state index in [0.29, 0.717) is 62.0 Å². The summed E-state index contributed by atoms with van der Waals surface area (Å²) in [5, 5.41) is 15.8. The normalized spacial score (nSPS) is 14.2. The van der Waals surface area contributed by atoms with Gasteiger partial charge >= 0.3 is 6.09 Å². The maximum absolute atomic E-state index is 12.4. The number of halogens is 2. The summed E-state index contributed by atoms with van der Waals surface area (Å²) < 4.78 is 12.3. The highest BCUT2D eigenvalue weighted by Crippen LogP contribution is 2.42. The Bertz CT molecular complexity index is 2070. The lowest BCUT2D eigenvalue weighted by molar-refractivity contribution is -0.119. The van der Waals surface area contributed by atoms with E-state index < -0.39 is 6.09 Å². The lowest BCUT2D eigenvalue weighted by Gasteiger charge is -2.15. The Kier molecular flexibility index (Phi) is 9.39. The Labute approximate surface area is 279 Å². The fraction of sp³-hybridized carbons (Fsp3) is 0.206. The third kappa shape index (κ3) is 6.78. The van der Waals surface area contributed by atoms with Gasteiger partial charge in [0.1, 0.15) is 12.3 Å². The van der Waals surface area contributed by atoms with E-state index >= 15 is 0 Å². The van der Waals surface area contributed by atoms with Crippen LogP contribution in [0.3, 0.4) is 0 Å². The molecule has 240 valence electrons. The minimum atomic E-state index is -0.615. The molecule has 2 amide bonds. The summed E-state index contributed by atoms with van der Waals surface area (Å²) in [5.74, 6) is 0.244. The predicted octanol–water partition coefficient (Wildman–Crippen LogP) is 5.40. The third-order valence-corrected chi connectivity index (χ3v) is 8.64. The standard InChI is InChI=1S/C34H29Cl2N5O6/c1-46-33-20(18-47-34(45)37-16-21-9-11-29(43)39-21)8-10-27(40-33)26-7-3-6-25(32(26)36)24-5-2-4-23(31(24)35)19-12-13-41-28(14-19)38-22(17-42)15-30(41)44/h2-8,10,12-15,21,42H,9,11,16-18H2,1H3,(H,37,45)(H,39,43). The van der Waals surface area contributed by atoms with Crippen LogP contribution in [-0.2, 0) is 22.7 Å². The second-order valence-corrected chi connectivity index (χ2v) is 11.6. The van der Waals surface area contributed by atoms with Crippen molar-refractivity contribution in [2.75, 3.05) is 13.7 Å². The van der Waals surface area contributed by atoms with Gasteiger partial charge in [0, 0.05) is 53.5 Å². The number of nitrogens with zero attached hydrogens (tertiary/aromatic N) is 3. The van der Waals surface area contributed by atoms with Gasteiger partial charge in [-0.3, -0.25) is 14.0 Å². The van der Waals surface area contributed by atoms with Crippen LogP contribution in [0.4, 0.5) is 4.79 Å². The molecule has 47 heavy (non-hydrogen) atoms. The molecule has 1 fully saturated rings. The second kappa shape index (κ2) is 13.8. The first kappa shape index (κ1) is 32.0. The van der Waals surface area contributed by atoms with Gasteiger partial charge in [-0.2, -0.15) is 0 Å². The first-order valence-electron chi connectivity index (χ1n) is 14.7. The van der Waals surface area contributed by atoms with Gasteiger partial charge in [0.15, 0.2) is 0 Å². The van der Waals surface area contributed by atoms with E-state index in [4.69, 9.17) is 32.7 Å². The van der Waals surface area contributed by atoms with Crippen molar-refractivity contribution in [2.45, 2.75) is 32.1 Å². The number of aliphatic hydroxyl groups is 1. The van der Waals surface area contributed by atoms with E-state index in [0.717, 1.165) is 5.56 Å². The molecule has 3 aromatic heterocycles. The molecule has 0 aliphatic carbocycles. The van der Waals surface area contributed by atoms with Gasteiger partial charge in [-0.05, 0) is 36.2 Å². The van der Waals surface area contributed by atoms with Gasteiger partial charge in [-0.25, -0.2) is 14.8 Å². The van der Waals surface area contributed by atoms with Crippen LogP contribution in [-0.4, -0.2) is 51.2 Å². The molecule has 0 spiro atoms. The number of methoxy groups -OCH3 is 1. The first-order chi connectivity index (χ1) is 22.7. The van der Waals surface area contributed by atoms with Crippen LogP contribution in [0.2, 0.25) is 10.0 Å². The number of hydrogen-bond acceptors (Lipinski definition) is 8. The smallest absolute Gasteiger partial charge is 0.407 e. The van der Waals surface area contributed by atoms with E-state index in [2.05, 4.69) is 20.6 Å². The maximum atomic E-state index is 12.4. The molecular weight excluding hydrogens is 645 g/mol. The largest absolute Gasteiger partial charge is 0.481 e. The number of carbonyl (C=O) groups is 2. The molecule has 5 aromatic rings. The number of pyridine rings is 2. The fourth-order valence-electron chi connectivity index (χ4n) is 5.44. The highest BCUT2D eigenvalue weighted by Gasteiger charge is 2.22. The third-order valence-electron chi connectivity index (χ3n) is 7.83. The van der Waals surface area contributed by atoms with Gasteiger partial charge in [-0.1, -0.05) is 59.6 Å². The van der Waals surface area contributed by atoms with Crippen molar-refractivity contribution in [2.24, 2.45) is 0 Å². The summed E-state index contributed by atoms with van der Waals surface area (Å²) in [7, 11) is 1.48. The van der Waals surface area contributed by atoms with Crippen LogP contribution >= 0.6 is 23.2 Å². The monoisotopic (exact) mass is 673 g/mol. The van der Waals surface area contributed by atoms with Gasteiger partial charge in [-0.15, -0.1) is 0 Å². The van der Waals surface area contributed by atoms with Crippen LogP contribution in [0.25, 0.3) is 39.2 Å². The summed E-state index contributed by atoms with van der Waals surface area (Å²) in [4.78, 5) is 45.0. The Balaban J connectivity index is 1.24. The van der Waals surface area contributed by atoms with Gasteiger partial charge < -0.3 is 25.2 Å². The van der Waals surface area contributed by atoms with Crippen molar-refractivity contribution in [3.63, 3.8) is 0 Å². The van der Waals surface area contributed by atoms with E-state index in [1.54, 1.807) is 30.5 Å². The van der Waals surface area contributed by atoms with Crippen molar-refractivity contribution in [3.8, 4) is 39.4 Å². The zero-order valence-corrected chi connectivity index (χ0v) is 26.6. The molecule has 13 heteroatoms. The number of amides is 2. The van der Waals surface area contributed by atoms with Crippen molar-refractivity contribution < 1.29 is 24.2 Å². The topological polar surface area (TPSA) is 144 Å². The first-order valence-corrected chi connectivity index (χ1v) is 15.5. The molecule has 0 saturated carbocycles. The molecule has 0 bridgehead atoms. The summed E-state index contributed by atoms with van der Waals surface area (Å²) in [6.45, 7) is -0.138. The number of hydrogen-bond donors (Lipinski definition) is 3. The molecule has 11 nitrogen and oxygen atoms in total. The quantitative estimate of drug-likeness (QED) is 0.189. The zero-order valence-electron chi connectivity index (χ0n) is 25.1. The summed E-state index contributed by atoms with van der Waals surface area (Å²) in [6.07, 6.45) is 2.12. The van der Waals surface area contributed by atoms with Crippen LogP contribution in [0.15, 0.2) is 77.7 Å². The molecule has 1 atom stereocenters. The number of alkyl carbamates (subject to hydrolysis) is 1. The fourth-order valence-corrected chi connectivity index (χ4v) is 6.10. The molecule has 0 radical (unpaired) electrons. The van der Waals surface area contributed by atoms with E-state index in [9.17, 15) is 19.5 Å². The molecule has 2 aromatic carbocycles. The SMILES string of the molecule is COc1nc(-c2cccc(-c3cccc(-c4ccn5c(=O)cc(CO)nc5c4)c3Cl)c2Cl)ccc1COC(=O)NCC1CCC(=O)N1. The van der Waals surface area contributed by atoms with Crippen LogP contribution < -0.4 is 20.9 Å². The van der Waals surface area contributed by atoms with Crippen molar-refractivity contribution >= 4 is 40.8 Å². The molecule has 1 aliphatic heterocycles. The molecule has 3 N–H and O–H groups in total. The van der Waals surface area contributed by atoms with Crippen LogP contribution in [0, 0.1) is 0 Å². The van der Waals surface area contributed by atoms with Crippen molar-refractivity contribution in [1.29, 1.82) is 0 Å². The highest BCUT2D eigenvalue weighted by molar-refractivity contribution is 6.39. The average molecular weight is 675 g/mol. The molecule has 4 heterocycles. The summed E-state index contributed by atoms with van der Waals surface area (Å²) in [6, 6.07) is 19.4. The van der Waals surface area contributed by atoms with Gasteiger partial charge in [0.2, 0.25) is 11.8 Å². The number of benzene rings is 2. The van der Waals surface area contributed by atoms with Gasteiger partial charge in [0.05, 0.1) is 40.7 Å². The number of ether oxygens (including phenoxy) is 2. The number of aromatic nitrogens is 3. The lowest BCUT2D eigenvalue weighted by atomic mass is 9.97. The Morgan fingerprint density at radius 3 is 2.43 bits per heavy atom. The highest BCUT2D eigenvalue weighted by atomic mass is 35.5. The summed E-state index contributed by atoms with van der Waals surface area (Å²) >= 11 is 14.0. The maximum Gasteiger partial charge on any atom is 0.407 e. The number of carbonyl (C=O) groups excluding carboxylic acids is 2. The van der Waals surface area contributed by atoms with Gasteiger partial charge in [0.25, 0.3) is 5.56 Å². The number of rotatable bonds is 9. The van der Waals surface area contributed by atoms with Crippen molar-refractivity contribution in [1.82, 2.24) is 25.0 Å².